The fraction of sp³-hybridized carbons (Fsp3) is 0.850. The third-order valence-electron chi connectivity index (χ3n) is 4.31. The molecule has 0 aliphatic carbocycles. The van der Waals surface area contributed by atoms with Crippen LogP contribution in [-0.2, 0) is 9.53 Å². The highest BCUT2D eigenvalue weighted by atomic mass is 16.5. The van der Waals surface area contributed by atoms with Crippen LogP contribution in [0.4, 0.5) is 0 Å². The quantitative estimate of drug-likeness (QED) is 0.183. The lowest BCUT2D eigenvalue weighted by atomic mass is 10.0. The largest absolute Gasteiger partial charge is 0.466 e. The van der Waals surface area contributed by atoms with Crippen molar-refractivity contribution in [3.8, 4) is 0 Å². The molecule has 2 heteroatoms. The van der Waals surface area contributed by atoms with E-state index in [4.69, 9.17) is 0 Å². The van der Waals surface area contributed by atoms with Crippen molar-refractivity contribution in [1.29, 1.82) is 0 Å². The second-order valence-corrected chi connectivity index (χ2v) is 6.44. The third-order valence-corrected chi connectivity index (χ3v) is 4.31. The number of esters is 1. The second kappa shape index (κ2) is 16.6. The Bertz CT molecular complexity index is 271. The summed E-state index contributed by atoms with van der Waals surface area (Å²) in [5, 5.41) is 0. The summed E-state index contributed by atoms with van der Waals surface area (Å²) in [6.07, 6.45) is 19.7. The molecule has 0 aromatic heterocycles. The minimum absolute atomic E-state index is 0.255. The Morgan fingerprint density at radius 1 is 0.727 bits per heavy atom. The van der Waals surface area contributed by atoms with Gasteiger partial charge >= 0.3 is 5.97 Å². The average molecular weight is 311 g/mol. The van der Waals surface area contributed by atoms with Crippen molar-refractivity contribution in [2.75, 3.05) is 7.11 Å². The monoisotopic (exact) mass is 310 g/mol. The van der Waals surface area contributed by atoms with Gasteiger partial charge in [-0.3, -0.25) is 0 Å². The predicted octanol–water partition coefficient (Wildman–Crippen LogP) is 6.59. The second-order valence-electron chi connectivity index (χ2n) is 6.44. The van der Waals surface area contributed by atoms with Crippen molar-refractivity contribution in [3.05, 3.63) is 12.2 Å². The highest BCUT2D eigenvalue weighted by Crippen LogP contribution is 2.14. The van der Waals surface area contributed by atoms with E-state index in [9.17, 15) is 4.79 Å². The van der Waals surface area contributed by atoms with Gasteiger partial charge in [-0.15, -0.1) is 0 Å². The summed E-state index contributed by atoms with van der Waals surface area (Å²) in [5.41, 5.74) is 0.612. The van der Waals surface area contributed by atoms with Gasteiger partial charge in [-0.2, -0.15) is 0 Å². The molecule has 0 N–H and O–H groups in total. The highest BCUT2D eigenvalue weighted by molar-refractivity contribution is 5.87. The first-order valence-corrected chi connectivity index (χ1v) is 9.48. The molecule has 0 aromatic rings. The Morgan fingerprint density at radius 3 is 1.45 bits per heavy atom. The van der Waals surface area contributed by atoms with E-state index in [1.54, 1.807) is 0 Å². The Kier molecular flexibility index (Phi) is 16.0. The molecular weight excluding hydrogens is 272 g/mol. The molecule has 0 saturated heterocycles. The number of carbonyl (C=O) groups is 1. The maximum Gasteiger partial charge on any atom is 0.333 e. The Labute approximate surface area is 138 Å². The molecular formula is C20H38O2. The smallest absolute Gasteiger partial charge is 0.333 e. The first-order chi connectivity index (χ1) is 10.7. The van der Waals surface area contributed by atoms with Crippen molar-refractivity contribution in [3.63, 3.8) is 0 Å². The number of rotatable bonds is 16. The minimum Gasteiger partial charge on any atom is -0.466 e. The molecule has 0 aliphatic heterocycles. The standard InChI is InChI=1S/C20H38O2/c1-4-5-6-7-8-9-10-11-12-13-14-15-16-17-18-19(2)20(21)22-3/h2,4-18H2,1,3H3. The summed E-state index contributed by atoms with van der Waals surface area (Å²) >= 11 is 0. The summed E-state index contributed by atoms with van der Waals surface area (Å²) < 4.78 is 4.64. The molecule has 0 heterocycles. The van der Waals surface area contributed by atoms with Crippen LogP contribution in [0.25, 0.3) is 0 Å². The fourth-order valence-corrected chi connectivity index (χ4v) is 2.78. The summed E-state index contributed by atoms with van der Waals surface area (Å²) in [6.45, 7) is 6.02. The Balaban J connectivity index is 3.11. The van der Waals surface area contributed by atoms with Crippen molar-refractivity contribution >= 4 is 5.97 Å². The molecule has 0 bridgehead atoms. The number of carbonyl (C=O) groups excluding carboxylic acids is 1. The van der Waals surface area contributed by atoms with Crippen LogP contribution < -0.4 is 0 Å². The van der Waals surface area contributed by atoms with E-state index in [1.807, 2.05) is 0 Å². The lowest BCUT2D eigenvalue weighted by Crippen LogP contribution is -2.03. The van der Waals surface area contributed by atoms with Crippen molar-refractivity contribution < 1.29 is 9.53 Å². The van der Waals surface area contributed by atoms with Crippen molar-refractivity contribution in [1.82, 2.24) is 0 Å². The zero-order valence-electron chi connectivity index (χ0n) is 15.1. The molecule has 0 amide bonds. The van der Waals surface area contributed by atoms with Gasteiger partial charge < -0.3 is 4.74 Å². The molecule has 0 spiro atoms. The normalized spacial score (nSPS) is 10.6. The maximum atomic E-state index is 11.2. The highest BCUT2D eigenvalue weighted by Gasteiger charge is 2.05. The van der Waals surface area contributed by atoms with E-state index < -0.39 is 0 Å². The van der Waals surface area contributed by atoms with Crippen LogP contribution in [0.1, 0.15) is 103 Å². The molecule has 0 atom stereocenters. The van der Waals surface area contributed by atoms with E-state index in [0.717, 1.165) is 12.8 Å². The van der Waals surface area contributed by atoms with Gasteiger partial charge in [0.25, 0.3) is 0 Å². The third kappa shape index (κ3) is 14.2. The van der Waals surface area contributed by atoms with Gasteiger partial charge in [0, 0.05) is 5.57 Å². The molecule has 2 nitrogen and oxygen atoms in total. The van der Waals surface area contributed by atoms with Gasteiger partial charge in [0.05, 0.1) is 7.11 Å². The zero-order chi connectivity index (χ0) is 16.5. The van der Waals surface area contributed by atoms with E-state index in [2.05, 4.69) is 18.2 Å². The van der Waals surface area contributed by atoms with Gasteiger partial charge in [-0.25, -0.2) is 4.79 Å². The summed E-state index contributed by atoms with van der Waals surface area (Å²) in [4.78, 5) is 11.2. The Hall–Kier alpha value is -0.790. The number of hydrogen-bond acceptors (Lipinski definition) is 2. The molecule has 0 fully saturated rings. The van der Waals surface area contributed by atoms with E-state index in [0.29, 0.717) is 5.57 Å². The molecule has 0 unspecified atom stereocenters. The molecule has 0 aliphatic rings. The van der Waals surface area contributed by atoms with Crippen LogP contribution >= 0.6 is 0 Å². The summed E-state index contributed by atoms with van der Waals surface area (Å²) in [7, 11) is 1.42. The summed E-state index contributed by atoms with van der Waals surface area (Å²) in [6, 6.07) is 0. The minimum atomic E-state index is -0.255. The molecule has 0 radical (unpaired) electrons. The van der Waals surface area contributed by atoms with Gasteiger partial charge in [-0.1, -0.05) is 97.0 Å². The molecule has 0 saturated carbocycles. The SMILES string of the molecule is C=C(CCCCCCCCCCCCCCCC)C(=O)OC. The van der Waals surface area contributed by atoms with Gasteiger partial charge in [0.1, 0.15) is 0 Å². The topological polar surface area (TPSA) is 26.3 Å². The first kappa shape index (κ1) is 21.2. The lowest BCUT2D eigenvalue weighted by Gasteiger charge is -2.04. The molecule has 22 heavy (non-hydrogen) atoms. The van der Waals surface area contributed by atoms with Crippen molar-refractivity contribution in [2.45, 2.75) is 103 Å². The molecule has 0 aromatic carbocycles. The average Bonchev–Trinajstić information content (AvgIpc) is 2.54. The maximum absolute atomic E-state index is 11.2. The van der Waals surface area contributed by atoms with Crippen LogP contribution in [0, 0.1) is 0 Å². The first-order valence-electron chi connectivity index (χ1n) is 9.48. The fourth-order valence-electron chi connectivity index (χ4n) is 2.78. The van der Waals surface area contributed by atoms with Crippen LogP contribution in [-0.4, -0.2) is 13.1 Å². The van der Waals surface area contributed by atoms with Crippen LogP contribution in [0.2, 0.25) is 0 Å². The van der Waals surface area contributed by atoms with Gasteiger partial charge in [0.15, 0.2) is 0 Å². The van der Waals surface area contributed by atoms with E-state index in [-0.39, 0.29) is 5.97 Å². The predicted molar refractivity (Wildman–Crippen MR) is 96.1 cm³/mol. The van der Waals surface area contributed by atoms with Crippen LogP contribution in [0.15, 0.2) is 12.2 Å². The van der Waals surface area contributed by atoms with Gasteiger partial charge in [0.2, 0.25) is 0 Å². The zero-order valence-corrected chi connectivity index (χ0v) is 15.1. The molecule has 0 rings (SSSR count). The Morgan fingerprint density at radius 2 is 1.09 bits per heavy atom. The van der Waals surface area contributed by atoms with Crippen LogP contribution in [0.3, 0.4) is 0 Å². The van der Waals surface area contributed by atoms with Crippen molar-refractivity contribution in [2.24, 2.45) is 0 Å². The lowest BCUT2D eigenvalue weighted by molar-refractivity contribution is -0.136. The molecule has 130 valence electrons. The van der Waals surface area contributed by atoms with E-state index in [1.165, 1.54) is 90.6 Å². The van der Waals surface area contributed by atoms with Crippen LogP contribution in [0.5, 0.6) is 0 Å². The summed E-state index contributed by atoms with van der Waals surface area (Å²) in [5.74, 6) is -0.255. The van der Waals surface area contributed by atoms with Gasteiger partial charge in [-0.05, 0) is 12.8 Å². The number of unbranched alkanes of at least 4 members (excludes halogenated alkanes) is 13. The number of methoxy groups -OCH3 is 1. The van der Waals surface area contributed by atoms with E-state index >= 15 is 0 Å². The number of ether oxygens (including phenoxy) is 1. The number of hydrogen-bond donors (Lipinski definition) is 0.